The summed E-state index contributed by atoms with van der Waals surface area (Å²) in [6.45, 7) is 1.99. The number of fused-ring (bicyclic) bond motifs is 2. The number of rotatable bonds is 5. The van der Waals surface area contributed by atoms with Crippen LogP contribution in [-0.4, -0.2) is 47.3 Å². The van der Waals surface area contributed by atoms with Gasteiger partial charge in [-0.05, 0) is 25.1 Å². The molecule has 0 unspecified atom stereocenters. The van der Waals surface area contributed by atoms with Crippen LogP contribution in [0.15, 0.2) is 55.2 Å². The summed E-state index contributed by atoms with van der Waals surface area (Å²) in [5.74, 6) is 0.875. The van der Waals surface area contributed by atoms with Crippen LogP contribution in [0.2, 0.25) is 0 Å². The SMILES string of the molecule is CCOC(=O)c1cnn(-c2ccc3ccccc3n2)c1Nc1ncnc2nc[nH]c12. The van der Waals surface area contributed by atoms with E-state index < -0.39 is 5.97 Å². The quantitative estimate of drug-likeness (QED) is 0.432. The van der Waals surface area contributed by atoms with E-state index in [9.17, 15) is 4.79 Å². The van der Waals surface area contributed by atoms with Gasteiger partial charge in [-0.2, -0.15) is 9.78 Å². The number of nitrogens with zero attached hydrogens (tertiary/aromatic N) is 6. The maximum atomic E-state index is 12.5. The summed E-state index contributed by atoms with van der Waals surface area (Å²) in [5.41, 5.74) is 2.18. The molecule has 0 spiro atoms. The molecule has 0 aliphatic rings. The van der Waals surface area contributed by atoms with E-state index in [1.54, 1.807) is 11.6 Å². The van der Waals surface area contributed by atoms with Crippen molar-refractivity contribution in [3.8, 4) is 5.82 Å². The molecule has 5 rings (SSSR count). The number of carbonyl (C=O) groups excluding carboxylic acids is 1. The molecular weight excluding hydrogens is 384 g/mol. The van der Waals surface area contributed by atoms with Crippen LogP contribution in [0.5, 0.6) is 0 Å². The highest BCUT2D eigenvalue weighted by molar-refractivity contribution is 5.97. The first-order valence-corrected chi connectivity index (χ1v) is 9.27. The molecule has 4 heterocycles. The van der Waals surface area contributed by atoms with E-state index in [1.807, 2.05) is 36.4 Å². The number of benzene rings is 1. The van der Waals surface area contributed by atoms with Crippen LogP contribution < -0.4 is 5.32 Å². The van der Waals surface area contributed by atoms with Gasteiger partial charge in [0.25, 0.3) is 0 Å². The number of aromatic amines is 1. The highest BCUT2D eigenvalue weighted by atomic mass is 16.5. The van der Waals surface area contributed by atoms with Crippen molar-refractivity contribution >= 4 is 39.7 Å². The van der Waals surface area contributed by atoms with Crippen LogP contribution >= 0.6 is 0 Å². The number of pyridine rings is 1. The number of H-pyrrole nitrogens is 1. The molecule has 1 aromatic carbocycles. The normalized spacial score (nSPS) is 11.1. The van der Waals surface area contributed by atoms with Crippen LogP contribution in [0.3, 0.4) is 0 Å². The molecule has 0 saturated carbocycles. The van der Waals surface area contributed by atoms with Crippen LogP contribution in [-0.2, 0) is 4.74 Å². The topological polar surface area (TPSA) is 124 Å². The highest BCUT2D eigenvalue weighted by Gasteiger charge is 2.22. The lowest BCUT2D eigenvalue weighted by Gasteiger charge is -2.11. The van der Waals surface area contributed by atoms with Crippen molar-refractivity contribution in [3.05, 3.63) is 60.8 Å². The van der Waals surface area contributed by atoms with Gasteiger partial charge in [-0.25, -0.2) is 24.7 Å². The largest absolute Gasteiger partial charge is 0.462 e. The third-order valence-corrected chi connectivity index (χ3v) is 4.53. The predicted octanol–water partition coefficient (Wildman–Crippen LogP) is 3.01. The Morgan fingerprint density at radius 1 is 1.17 bits per heavy atom. The third-order valence-electron chi connectivity index (χ3n) is 4.53. The molecule has 10 heteroatoms. The summed E-state index contributed by atoms with van der Waals surface area (Å²) in [6.07, 6.45) is 4.37. The summed E-state index contributed by atoms with van der Waals surface area (Å²) in [5, 5.41) is 8.56. The standard InChI is InChI=1S/C20H16N8O2/c1-2-30-20(29)13-9-25-28(15-8-7-12-5-3-4-6-14(12)26-15)19(13)27-18-16-17(22-10-21-16)23-11-24-18/h3-11H,2H2,1H3,(H2,21,22,23,24,27). The van der Waals surface area contributed by atoms with Crippen LogP contribution in [0.25, 0.3) is 27.9 Å². The maximum absolute atomic E-state index is 12.5. The van der Waals surface area contributed by atoms with E-state index in [0.29, 0.717) is 28.6 Å². The zero-order valence-corrected chi connectivity index (χ0v) is 15.9. The van der Waals surface area contributed by atoms with Gasteiger partial charge in [0.05, 0.1) is 24.6 Å². The van der Waals surface area contributed by atoms with Crippen molar-refractivity contribution in [2.24, 2.45) is 0 Å². The monoisotopic (exact) mass is 400 g/mol. The summed E-state index contributed by atoms with van der Waals surface area (Å²) in [6, 6.07) is 11.6. The van der Waals surface area contributed by atoms with Gasteiger partial charge in [0.2, 0.25) is 0 Å². The molecule has 0 amide bonds. The zero-order valence-electron chi connectivity index (χ0n) is 15.9. The van der Waals surface area contributed by atoms with E-state index >= 15 is 0 Å². The highest BCUT2D eigenvalue weighted by Crippen LogP contribution is 2.27. The van der Waals surface area contributed by atoms with Crippen molar-refractivity contribution in [1.29, 1.82) is 0 Å². The lowest BCUT2D eigenvalue weighted by atomic mass is 10.2. The molecule has 148 valence electrons. The number of ether oxygens (including phenoxy) is 1. The Bertz CT molecular complexity index is 1370. The summed E-state index contributed by atoms with van der Waals surface area (Å²) in [7, 11) is 0. The molecule has 0 radical (unpaired) electrons. The van der Waals surface area contributed by atoms with E-state index in [4.69, 9.17) is 4.74 Å². The predicted molar refractivity (Wildman–Crippen MR) is 110 cm³/mol. The first-order valence-electron chi connectivity index (χ1n) is 9.27. The fraction of sp³-hybridized carbons (Fsp3) is 0.100. The van der Waals surface area contributed by atoms with Crippen molar-refractivity contribution in [3.63, 3.8) is 0 Å². The number of hydrogen-bond donors (Lipinski definition) is 2. The van der Waals surface area contributed by atoms with Crippen LogP contribution in [0, 0.1) is 0 Å². The maximum Gasteiger partial charge on any atom is 0.343 e. The summed E-state index contributed by atoms with van der Waals surface area (Å²) < 4.78 is 6.74. The fourth-order valence-electron chi connectivity index (χ4n) is 3.15. The second kappa shape index (κ2) is 7.24. The average Bonchev–Trinajstić information content (AvgIpc) is 3.41. The molecule has 0 atom stereocenters. The van der Waals surface area contributed by atoms with E-state index in [1.165, 1.54) is 18.9 Å². The van der Waals surface area contributed by atoms with Gasteiger partial charge >= 0.3 is 5.97 Å². The minimum Gasteiger partial charge on any atom is -0.462 e. The molecule has 2 N–H and O–H groups in total. The Morgan fingerprint density at radius 2 is 2.07 bits per heavy atom. The summed E-state index contributed by atoms with van der Waals surface area (Å²) in [4.78, 5) is 32.7. The molecule has 0 aliphatic carbocycles. The number of esters is 1. The van der Waals surface area contributed by atoms with Crippen molar-refractivity contribution in [1.82, 2.24) is 34.7 Å². The number of imidazole rings is 1. The van der Waals surface area contributed by atoms with Crippen LogP contribution in [0.4, 0.5) is 11.6 Å². The Hall–Kier alpha value is -4.34. The van der Waals surface area contributed by atoms with Crippen molar-refractivity contribution in [2.75, 3.05) is 11.9 Å². The lowest BCUT2D eigenvalue weighted by molar-refractivity contribution is 0.0527. The smallest absolute Gasteiger partial charge is 0.343 e. The molecule has 0 bridgehead atoms. The Balaban J connectivity index is 1.65. The van der Waals surface area contributed by atoms with Gasteiger partial charge in [0.15, 0.2) is 23.1 Å². The fourth-order valence-corrected chi connectivity index (χ4v) is 3.15. The number of nitrogens with one attached hydrogen (secondary N) is 2. The number of anilines is 2. The first kappa shape index (κ1) is 17.7. The minimum absolute atomic E-state index is 0.246. The number of hydrogen-bond acceptors (Lipinski definition) is 8. The Labute approximate surface area is 170 Å². The van der Waals surface area contributed by atoms with E-state index in [0.717, 1.165) is 10.9 Å². The molecule has 10 nitrogen and oxygen atoms in total. The van der Waals surface area contributed by atoms with Gasteiger partial charge in [0.1, 0.15) is 17.4 Å². The molecule has 0 aliphatic heterocycles. The lowest BCUT2D eigenvalue weighted by Crippen LogP contribution is -2.11. The van der Waals surface area contributed by atoms with Gasteiger partial charge < -0.3 is 15.0 Å². The first-order chi connectivity index (χ1) is 14.7. The Kier molecular flexibility index (Phi) is 4.28. The van der Waals surface area contributed by atoms with Gasteiger partial charge in [-0.1, -0.05) is 18.2 Å². The van der Waals surface area contributed by atoms with E-state index in [-0.39, 0.29) is 12.2 Å². The summed E-state index contributed by atoms with van der Waals surface area (Å²) >= 11 is 0. The molecule has 0 saturated heterocycles. The molecule has 0 fully saturated rings. The Morgan fingerprint density at radius 3 is 2.97 bits per heavy atom. The van der Waals surface area contributed by atoms with Crippen LogP contribution in [0.1, 0.15) is 17.3 Å². The molecular formula is C20H16N8O2. The average molecular weight is 400 g/mol. The second-order valence-corrected chi connectivity index (χ2v) is 6.35. The zero-order chi connectivity index (χ0) is 20.5. The number of para-hydroxylation sites is 1. The van der Waals surface area contributed by atoms with Crippen molar-refractivity contribution in [2.45, 2.75) is 6.92 Å². The van der Waals surface area contributed by atoms with Gasteiger partial charge in [-0.3, -0.25) is 0 Å². The van der Waals surface area contributed by atoms with Gasteiger partial charge in [0, 0.05) is 5.39 Å². The van der Waals surface area contributed by atoms with Gasteiger partial charge in [-0.15, -0.1) is 0 Å². The minimum atomic E-state index is -0.498. The molecule has 5 aromatic rings. The number of carbonyl (C=O) groups is 1. The number of aromatic nitrogens is 7. The second-order valence-electron chi connectivity index (χ2n) is 6.35. The molecule has 4 aromatic heterocycles. The van der Waals surface area contributed by atoms with E-state index in [2.05, 4.69) is 35.3 Å². The third kappa shape index (κ3) is 3.00. The van der Waals surface area contributed by atoms with Crippen molar-refractivity contribution < 1.29 is 9.53 Å². The molecule has 30 heavy (non-hydrogen) atoms.